The van der Waals surface area contributed by atoms with Crippen LogP contribution < -0.4 is 5.32 Å². The molecule has 3 rings (SSSR count). The van der Waals surface area contributed by atoms with E-state index >= 15 is 0 Å². The van der Waals surface area contributed by atoms with Gasteiger partial charge in [-0.15, -0.1) is 0 Å². The summed E-state index contributed by atoms with van der Waals surface area (Å²) < 4.78 is 2.20. The number of rotatable bonds is 5. The predicted molar refractivity (Wildman–Crippen MR) is 94.5 cm³/mol. The minimum Gasteiger partial charge on any atom is -0.350 e. The number of nitrogens with one attached hydrogen (secondary N) is 1. The van der Waals surface area contributed by atoms with E-state index in [0.29, 0.717) is 0 Å². The summed E-state index contributed by atoms with van der Waals surface area (Å²) in [6, 6.07) is 14.8. The Labute approximate surface area is 136 Å². The summed E-state index contributed by atoms with van der Waals surface area (Å²) in [6.45, 7) is 3.89. The van der Waals surface area contributed by atoms with Crippen molar-refractivity contribution >= 4 is 22.5 Å². The number of halogens is 1. The summed E-state index contributed by atoms with van der Waals surface area (Å²) in [5.41, 5.74) is 5.14. The van der Waals surface area contributed by atoms with E-state index in [2.05, 4.69) is 60.4 Å². The second kappa shape index (κ2) is 6.55. The van der Waals surface area contributed by atoms with Gasteiger partial charge in [-0.1, -0.05) is 35.9 Å². The first-order valence-electron chi connectivity index (χ1n) is 7.63. The Hall–Kier alpha value is -1.77. The SMILES string of the molecule is Cc1cc(Cl)cc(CNCCc2cn(C)c3ccccc23)c1. The molecule has 2 aromatic carbocycles. The van der Waals surface area contributed by atoms with E-state index in [-0.39, 0.29) is 0 Å². The molecule has 0 fully saturated rings. The molecule has 2 nitrogen and oxygen atoms in total. The van der Waals surface area contributed by atoms with E-state index < -0.39 is 0 Å². The molecule has 0 atom stereocenters. The number of aryl methyl sites for hydroxylation is 2. The second-order valence-corrected chi connectivity index (χ2v) is 6.28. The second-order valence-electron chi connectivity index (χ2n) is 5.85. The highest BCUT2D eigenvalue weighted by Gasteiger charge is 2.05. The molecule has 0 aliphatic carbocycles. The van der Waals surface area contributed by atoms with Crippen LogP contribution in [0.4, 0.5) is 0 Å². The zero-order chi connectivity index (χ0) is 15.5. The maximum Gasteiger partial charge on any atom is 0.0480 e. The van der Waals surface area contributed by atoms with Gasteiger partial charge in [0.1, 0.15) is 0 Å². The van der Waals surface area contributed by atoms with Gasteiger partial charge < -0.3 is 9.88 Å². The van der Waals surface area contributed by atoms with Crippen LogP contribution in [0.5, 0.6) is 0 Å². The summed E-state index contributed by atoms with van der Waals surface area (Å²) in [5.74, 6) is 0. The number of aromatic nitrogens is 1. The Morgan fingerprint density at radius 1 is 1.14 bits per heavy atom. The van der Waals surface area contributed by atoms with Gasteiger partial charge in [-0.3, -0.25) is 0 Å². The van der Waals surface area contributed by atoms with Crippen molar-refractivity contribution in [2.24, 2.45) is 7.05 Å². The molecule has 0 bridgehead atoms. The maximum atomic E-state index is 6.10. The topological polar surface area (TPSA) is 17.0 Å². The molecular weight excluding hydrogens is 292 g/mol. The number of hydrogen-bond acceptors (Lipinski definition) is 1. The first-order valence-corrected chi connectivity index (χ1v) is 8.01. The van der Waals surface area contributed by atoms with Crippen LogP contribution in [0.15, 0.2) is 48.7 Å². The van der Waals surface area contributed by atoms with Crippen molar-refractivity contribution in [1.82, 2.24) is 9.88 Å². The quantitative estimate of drug-likeness (QED) is 0.688. The summed E-state index contributed by atoms with van der Waals surface area (Å²) in [7, 11) is 2.11. The van der Waals surface area contributed by atoms with Crippen LogP contribution in [0.3, 0.4) is 0 Å². The minimum absolute atomic E-state index is 0.811. The van der Waals surface area contributed by atoms with E-state index in [9.17, 15) is 0 Å². The van der Waals surface area contributed by atoms with Crippen LogP contribution in [-0.2, 0) is 20.0 Å². The lowest BCUT2D eigenvalue weighted by molar-refractivity contribution is 0.687. The van der Waals surface area contributed by atoms with Crippen molar-refractivity contribution in [2.75, 3.05) is 6.54 Å². The molecule has 0 spiro atoms. The summed E-state index contributed by atoms with van der Waals surface area (Å²) >= 11 is 6.10. The molecule has 0 saturated heterocycles. The minimum atomic E-state index is 0.811. The fourth-order valence-corrected chi connectivity index (χ4v) is 3.31. The fraction of sp³-hybridized carbons (Fsp3) is 0.263. The van der Waals surface area contributed by atoms with Gasteiger partial charge in [-0.25, -0.2) is 0 Å². The molecular formula is C19H21ClN2. The Kier molecular flexibility index (Phi) is 4.51. The van der Waals surface area contributed by atoms with Crippen LogP contribution in [-0.4, -0.2) is 11.1 Å². The molecule has 114 valence electrons. The van der Waals surface area contributed by atoms with Gasteiger partial charge in [0.05, 0.1) is 0 Å². The molecule has 1 N–H and O–H groups in total. The first-order chi connectivity index (χ1) is 10.6. The number of nitrogens with zero attached hydrogens (tertiary/aromatic N) is 1. The Bertz CT molecular complexity index is 769. The summed E-state index contributed by atoms with van der Waals surface area (Å²) in [4.78, 5) is 0. The van der Waals surface area contributed by atoms with Gasteiger partial charge >= 0.3 is 0 Å². The monoisotopic (exact) mass is 312 g/mol. The first kappa shape index (κ1) is 15.1. The molecule has 0 aliphatic rings. The lowest BCUT2D eigenvalue weighted by Crippen LogP contribution is -2.16. The molecule has 3 heteroatoms. The lowest BCUT2D eigenvalue weighted by Gasteiger charge is -2.06. The zero-order valence-electron chi connectivity index (χ0n) is 13.1. The third-order valence-electron chi connectivity index (χ3n) is 3.98. The molecule has 0 unspecified atom stereocenters. The smallest absolute Gasteiger partial charge is 0.0480 e. The average Bonchev–Trinajstić information content (AvgIpc) is 2.80. The Morgan fingerprint density at radius 3 is 2.77 bits per heavy atom. The van der Waals surface area contributed by atoms with Gasteiger partial charge in [0.25, 0.3) is 0 Å². The van der Waals surface area contributed by atoms with E-state index in [1.165, 1.54) is 27.6 Å². The normalized spacial score (nSPS) is 11.2. The van der Waals surface area contributed by atoms with E-state index in [0.717, 1.165) is 24.5 Å². The highest BCUT2D eigenvalue weighted by molar-refractivity contribution is 6.30. The van der Waals surface area contributed by atoms with Gasteiger partial charge in [0.15, 0.2) is 0 Å². The molecule has 0 saturated carbocycles. The highest BCUT2D eigenvalue weighted by atomic mass is 35.5. The van der Waals surface area contributed by atoms with Crippen molar-refractivity contribution in [2.45, 2.75) is 19.9 Å². The zero-order valence-corrected chi connectivity index (χ0v) is 13.8. The number of para-hydroxylation sites is 1. The van der Waals surface area contributed by atoms with Crippen LogP contribution in [0.25, 0.3) is 10.9 Å². The van der Waals surface area contributed by atoms with E-state index in [4.69, 9.17) is 11.6 Å². The van der Waals surface area contributed by atoms with Crippen molar-refractivity contribution < 1.29 is 0 Å². The molecule has 1 heterocycles. The third-order valence-corrected chi connectivity index (χ3v) is 4.20. The standard InChI is InChI=1S/C19H21ClN2/c1-14-9-15(11-17(20)10-14)12-21-8-7-16-13-22(2)19-6-4-3-5-18(16)19/h3-6,9-11,13,21H,7-8,12H2,1-2H3. The molecule has 3 aromatic rings. The molecule has 22 heavy (non-hydrogen) atoms. The average molecular weight is 313 g/mol. The van der Waals surface area contributed by atoms with Gasteiger partial charge in [0.2, 0.25) is 0 Å². The van der Waals surface area contributed by atoms with Gasteiger partial charge in [-0.2, -0.15) is 0 Å². The van der Waals surface area contributed by atoms with Crippen LogP contribution >= 0.6 is 11.6 Å². The van der Waals surface area contributed by atoms with Crippen molar-refractivity contribution in [1.29, 1.82) is 0 Å². The number of benzene rings is 2. The number of fused-ring (bicyclic) bond motifs is 1. The molecule has 1 aromatic heterocycles. The van der Waals surface area contributed by atoms with Crippen LogP contribution in [0.2, 0.25) is 5.02 Å². The fourth-order valence-electron chi connectivity index (χ4n) is 2.99. The van der Waals surface area contributed by atoms with E-state index in [1.807, 2.05) is 12.1 Å². The number of hydrogen-bond donors (Lipinski definition) is 1. The highest BCUT2D eigenvalue weighted by Crippen LogP contribution is 2.20. The maximum absolute atomic E-state index is 6.10. The predicted octanol–water partition coefficient (Wildman–Crippen LogP) is 4.47. The molecule has 0 radical (unpaired) electrons. The van der Waals surface area contributed by atoms with Gasteiger partial charge in [0, 0.05) is 35.7 Å². The van der Waals surface area contributed by atoms with Crippen molar-refractivity contribution in [3.8, 4) is 0 Å². The Balaban J connectivity index is 1.61. The third kappa shape index (κ3) is 3.34. The summed E-state index contributed by atoms with van der Waals surface area (Å²) in [5, 5.41) is 5.67. The van der Waals surface area contributed by atoms with E-state index in [1.54, 1.807) is 0 Å². The van der Waals surface area contributed by atoms with Crippen LogP contribution in [0, 0.1) is 6.92 Å². The molecule has 0 aliphatic heterocycles. The largest absolute Gasteiger partial charge is 0.350 e. The van der Waals surface area contributed by atoms with Gasteiger partial charge in [-0.05, 0) is 54.8 Å². The summed E-state index contributed by atoms with van der Waals surface area (Å²) in [6.07, 6.45) is 3.26. The van der Waals surface area contributed by atoms with Crippen molar-refractivity contribution in [3.63, 3.8) is 0 Å². The van der Waals surface area contributed by atoms with Crippen molar-refractivity contribution in [3.05, 3.63) is 70.4 Å². The lowest BCUT2D eigenvalue weighted by atomic mass is 10.1. The van der Waals surface area contributed by atoms with Crippen LogP contribution in [0.1, 0.15) is 16.7 Å². The Morgan fingerprint density at radius 2 is 1.95 bits per heavy atom. The molecule has 0 amide bonds.